The predicted molar refractivity (Wildman–Crippen MR) is 126 cm³/mol. The fraction of sp³-hybridized carbons (Fsp3) is 0.208. The van der Waals surface area contributed by atoms with Gasteiger partial charge in [-0.15, -0.1) is 0 Å². The van der Waals surface area contributed by atoms with Gasteiger partial charge < -0.3 is 14.6 Å². The number of ether oxygens (including phenoxy) is 2. The second kappa shape index (κ2) is 9.55. The highest BCUT2D eigenvalue weighted by molar-refractivity contribution is 7.07. The summed E-state index contributed by atoms with van der Waals surface area (Å²) in [5.41, 5.74) is 0.188. The number of esters is 1. The average molecular weight is 495 g/mol. The van der Waals surface area contributed by atoms with E-state index in [1.165, 1.54) is 29.9 Å². The third-order valence-corrected chi connectivity index (χ3v) is 6.44. The Morgan fingerprint density at radius 1 is 1.26 bits per heavy atom. The summed E-state index contributed by atoms with van der Waals surface area (Å²) in [4.78, 5) is 41.6. The molecule has 1 atom stereocenters. The molecule has 0 saturated heterocycles. The molecule has 0 N–H and O–H groups in total. The van der Waals surface area contributed by atoms with E-state index in [9.17, 15) is 24.8 Å². The molecule has 35 heavy (non-hydrogen) atoms. The van der Waals surface area contributed by atoms with E-state index in [0.717, 1.165) is 17.4 Å². The van der Waals surface area contributed by atoms with E-state index in [4.69, 9.17) is 9.47 Å². The second-order valence-electron chi connectivity index (χ2n) is 7.53. The summed E-state index contributed by atoms with van der Waals surface area (Å²) in [6.45, 7) is 3.50. The Bertz CT molecular complexity index is 1530. The van der Waals surface area contributed by atoms with Gasteiger partial charge >= 0.3 is 5.97 Å². The van der Waals surface area contributed by atoms with Gasteiger partial charge in [0.25, 0.3) is 11.2 Å². The minimum Gasteiger partial charge on any atom is -0.867 e. The molecule has 10 nitrogen and oxygen atoms in total. The number of allylic oxidation sites excluding steroid dienone is 1. The Kier molecular flexibility index (Phi) is 6.52. The first-order chi connectivity index (χ1) is 16.8. The van der Waals surface area contributed by atoms with Gasteiger partial charge in [-0.05, 0) is 48.9 Å². The van der Waals surface area contributed by atoms with Crippen molar-refractivity contribution >= 4 is 29.1 Å². The van der Waals surface area contributed by atoms with Crippen LogP contribution in [0.25, 0.3) is 6.08 Å². The van der Waals surface area contributed by atoms with E-state index in [0.29, 0.717) is 21.8 Å². The summed E-state index contributed by atoms with van der Waals surface area (Å²) in [6.07, 6.45) is 1.31. The maximum Gasteiger partial charge on any atom is 0.338 e. The van der Waals surface area contributed by atoms with Gasteiger partial charge in [-0.2, -0.15) is 0 Å². The topological polar surface area (TPSA) is 136 Å². The highest BCUT2D eigenvalue weighted by atomic mass is 32.1. The highest BCUT2D eigenvalue weighted by Gasteiger charge is 2.33. The predicted octanol–water partition coefficient (Wildman–Crippen LogP) is 1.79. The zero-order valence-electron chi connectivity index (χ0n) is 19.0. The maximum absolute atomic E-state index is 13.5. The van der Waals surface area contributed by atoms with Crippen LogP contribution >= 0.6 is 11.3 Å². The molecule has 0 aliphatic carbocycles. The molecule has 2 aromatic carbocycles. The smallest absolute Gasteiger partial charge is 0.338 e. The average Bonchev–Trinajstić information content (AvgIpc) is 3.13. The molecule has 4 rings (SSSR count). The molecular weight excluding hydrogens is 474 g/mol. The number of nitro groups is 1. The minimum atomic E-state index is -0.824. The Hall–Kier alpha value is -4.25. The fourth-order valence-corrected chi connectivity index (χ4v) is 4.87. The van der Waals surface area contributed by atoms with Crippen LogP contribution in [-0.4, -0.2) is 29.2 Å². The Labute approximate surface area is 202 Å². The number of nitro benzene ring substituents is 1. The highest BCUT2D eigenvalue weighted by Crippen LogP contribution is 2.32. The van der Waals surface area contributed by atoms with Crippen molar-refractivity contribution in [3.8, 4) is 11.5 Å². The number of carbonyl (C=O) groups excluding carboxylic acids is 1. The molecule has 0 saturated carbocycles. The number of para-hydroxylation sites is 1. The quantitative estimate of drug-likeness (QED) is 0.289. The second-order valence-corrected chi connectivity index (χ2v) is 8.54. The number of hydrogen-bond donors (Lipinski definition) is 0. The molecule has 180 valence electrons. The van der Waals surface area contributed by atoms with Crippen molar-refractivity contribution in [2.45, 2.75) is 19.9 Å². The van der Waals surface area contributed by atoms with Crippen LogP contribution < -0.4 is 24.7 Å². The molecule has 1 aliphatic heterocycles. The van der Waals surface area contributed by atoms with E-state index in [1.54, 1.807) is 38.1 Å². The fourth-order valence-electron chi connectivity index (χ4n) is 3.83. The molecule has 0 amide bonds. The largest absolute Gasteiger partial charge is 0.867 e. The van der Waals surface area contributed by atoms with Crippen LogP contribution in [0.3, 0.4) is 0 Å². The van der Waals surface area contributed by atoms with Crippen molar-refractivity contribution in [2.75, 3.05) is 13.7 Å². The first-order valence-corrected chi connectivity index (χ1v) is 11.4. The summed E-state index contributed by atoms with van der Waals surface area (Å²) in [6, 6.07) is 10.0. The lowest BCUT2D eigenvalue weighted by Gasteiger charge is -2.24. The van der Waals surface area contributed by atoms with Crippen LogP contribution in [0.5, 0.6) is 11.5 Å². The molecule has 11 heteroatoms. The monoisotopic (exact) mass is 494 g/mol. The number of nitrogens with zero attached hydrogens (tertiary/aromatic N) is 3. The molecule has 0 radical (unpaired) electrons. The van der Waals surface area contributed by atoms with Crippen LogP contribution in [0, 0.1) is 10.1 Å². The molecule has 1 aromatic heterocycles. The lowest BCUT2D eigenvalue weighted by atomic mass is 9.96. The van der Waals surface area contributed by atoms with E-state index in [1.807, 2.05) is 0 Å². The molecule has 0 fully saturated rings. The number of methoxy groups -OCH3 is 1. The van der Waals surface area contributed by atoms with Crippen LogP contribution in [0.1, 0.15) is 31.0 Å². The van der Waals surface area contributed by atoms with Crippen molar-refractivity contribution in [3.63, 3.8) is 0 Å². The number of carbonyl (C=O) groups is 1. The molecule has 1 aliphatic rings. The molecule has 0 unspecified atom stereocenters. The van der Waals surface area contributed by atoms with Gasteiger partial charge in [0.05, 0.1) is 40.5 Å². The van der Waals surface area contributed by atoms with Gasteiger partial charge in [0, 0.05) is 6.07 Å². The summed E-state index contributed by atoms with van der Waals surface area (Å²) in [5.74, 6) is -0.781. The summed E-state index contributed by atoms with van der Waals surface area (Å²) >= 11 is 1.03. The lowest BCUT2D eigenvalue weighted by molar-refractivity contribution is -0.398. The number of hydrogen-bond acceptors (Lipinski definition) is 9. The molecule has 0 spiro atoms. The molecule has 0 bridgehead atoms. The minimum absolute atomic E-state index is 0.00629. The van der Waals surface area contributed by atoms with Crippen molar-refractivity contribution in [2.24, 2.45) is 4.99 Å². The number of rotatable bonds is 6. The first-order valence-electron chi connectivity index (χ1n) is 10.5. The normalized spacial score (nSPS) is 15.4. The van der Waals surface area contributed by atoms with Gasteiger partial charge in [-0.3, -0.25) is 19.5 Å². The third kappa shape index (κ3) is 4.33. The van der Waals surface area contributed by atoms with Crippen LogP contribution in [0.15, 0.2) is 63.5 Å². The van der Waals surface area contributed by atoms with Crippen molar-refractivity contribution in [1.29, 1.82) is 0 Å². The van der Waals surface area contributed by atoms with Crippen LogP contribution in [0.4, 0.5) is 5.69 Å². The summed E-state index contributed by atoms with van der Waals surface area (Å²) < 4.78 is 12.0. The molecular formula is C24H20N3O7S-. The van der Waals surface area contributed by atoms with Gasteiger partial charge in [0.2, 0.25) is 0 Å². The van der Waals surface area contributed by atoms with E-state index >= 15 is 0 Å². The van der Waals surface area contributed by atoms with Gasteiger partial charge in [0.1, 0.15) is 5.75 Å². The maximum atomic E-state index is 13.5. The zero-order chi connectivity index (χ0) is 25.3. The van der Waals surface area contributed by atoms with Crippen molar-refractivity contribution in [1.82, 2.24) is 4.57 Å². The Morgan fingerprint density at radius 2 is 1.97 bits per heavy atom. The van der Waals surface area contributed by atoms with E-state index in [-0.39, 0.29) is 22.3 Å². The number of benzene rings is 2. The van der Waals surface area contributed by atoms with Crippen molar-refractivity contribution in [3.05, 3.63) is 94.7 Å². The summed E-state index contributed by atoms with van der Waals surface area (Å²) in [7, 11) is 1.53. The number of aromatic nitrogens is 1. The van der Waals surface area contributed by atoms with E-state index < -0.39 is 33.9 Å². The van der Waals surface area contributed by atoms with Gasteiger partial charge in [-0.1, -0.05) is 35.6 Å². The molecule has 3 aromatic rings. The Morgan fingerprint density at radius 3 is 2.60 bits per heavy atom. The Balaban J connectivity index is 1.95. The standard InChI is InChI=1S/C24H21N3O7S/c1-4-34-23(30)19-13(2)25-24-26(20(19)14-8-10-16(33-3)11-9-14)22(29)18(35-24)12-15-6-5-7-17(21(15)28)27(31)32/h5-12,20,28H,4H2,1-3H3/p-1/b18-12+/t20-/m0/s1. The molecule has 2 heterocycles. The zero-order valence-corrected chi connectivity index (χ0v) is 19.8. The van der Waals surface area contributed by atoms with Gasteiger partial charge in [-0.25, -0.2) is 9.79 Å². The van der Waals surface area contributed by atoms with Crippen LogP contribution in [-0.2, 0) is 9.53 Å². The number of thiazole rings is 1. The van der Waals surface area contributed by atoms with E-state index in [2.05, 4.69) is 4.99 Å². The lowest BCUT2D eigenvalue weighted by Crippen LogP contribution is -2.39. The van der Waals surface area contributed by atoms with Crippen LogP contribution in [0.2, 0.25) is 0 Å². The van der Waals surface area contributed by atoms with Crippen molar-refractivity contribution < 1.29 is 24.3 Å². The SMILES string of the molecule is CCOC(=O)C1=C(C)N=c2s/c(=C/c3cccc([N+](=O)[O-])c3[O-])c(=O)n2[C@H]1c1ccc(OC)cc1. The number of fused-ring (bicyclic) bond motifs is 1. The van der Waals surface area contributed by atoms with Gasteiger partial charge in [0.15, 0.2) is 4.80 Å². The summed E-state index contributed by atoms with van der Waals surface area (Å²) in [5, 5.41) is 23.6. The first kappa shape index (κ1) is 23.9. The third-order valence-electron chi connectivity index (χ3n) is 5.46.